The Labute approximate surface area is 265 Å². The Morgan fingerprint density at radius 3 is 2.00 bits per heavy atom. The van der Waals surface area contributed by atoms with Gasteiger partial charge in [-0.1, -0.05) is 42.5 Å². The van der Waals surface area contributed by atoms with Crippen LogP contribution in [0.25, 0.3) is 0 Å². The fraction of sp³-hybridized carbons (Fsp3) is 0.444. The number of amides is 2. The number of ether oxygens (including phenoxy) is 2. The number of rotatable bonds is 12. The van der Waals surface area contributed by atoms with Crippen LogP contribution in [0.4, 0.5) is 13.6 Å². The first-order valence-corrected chi connectivity index (χ1v) is 15.6. The molecule has 0 aromatic heterocycles. The van der Waals surface area contributed by atoms with E-state index < -0.39 is 23.0 Å². The molecule has 242 valence electrons. The normalized spacial score (nSPS) is 14.5. The minimum atomic E-state index is -0.765. The Kier molecular flexibility index (Phi) is 11.6. The molecule has 7 nitrogen and oxygen atoms in total. The molecule has 4 rings (SSSR count). The van der Waals surface area contributed by atoms with E-state index in [1.54, 1.807) is 52.1 Å². The molecule has 0 atom stereocenters. The van der Waals surface area contributed by atoms with Gasteiger partial charge in [-0.05, 0) is 119 Å². The predicted octanol–water partition coefficient (Wildman–Crippen LogP) is 6.56. The fourth-order valence-corrected chi connectivity index (χ4v) is 6.14. The summed E-state index contributed by atoms with van der Waals surface area (Å²) in [6.45, 7) is 7.90. The Morgan fingerprint density at radius 1 is 0.867 bits per heavy atom. The lowest BCUT2D eigenvalue weighted by Gasteiger charge is -2.37. The molecule has 3 aromatic rings. The van der Waals surface area contributed by atoms with Crippen LogP contribution in [-0.4, -0.2) is 62.3 Å². The SMILES string of the molecule is COc1ccccc1C1CCN(CCCC(CNC(=O)CNC(=O)OC(C)(C)C)(c2ccc(F)cc2)c2ccc(F)cc2)CC1. The lowest BCUT2D eigenvalue weighted by Crippen LogP contribution is -2.46. The molecule has 3 aromatic carbocycles. The van der Waals surface area contributed by atoms with Gasteiger partial charge in [0.15, 0.2) is 0 Å². The van der Waals surface area contributed by atoms with E-state index in [9.17, 15) is 18.4 Å². The van der Waals surface area contributed by atoms with Crippen LogP contribution < -0.4 is 15.4 Å². The molecule has 1 aliphatic rings. The van der Waals surface area contributed by atoms with E-state index >= 15 is 0 Å². The molecule has 2 amide bonds. The summed E-state index contributed by atoms with van der Waals surface area (Å²) >= 11 is 0. The maximum Gasteiger partial charge on any atom is 0.408 e. The second-order valence-electron chi connectivity index (χ2n) is 12.7. The van der Waals surface area contributed by atoms with E-state index in [1.807, 2.05) is 12.1 Å². The predicted molar refractivity (Wildman–Crippen MR) is 171 cm³/mol. The van der Waals surface area contributed by atoms with Crippen LogP contribution >= 0.6 is 0 Å². The molecule has 0 aliphatic carbocycles. The van der Waals surface area contributed by atoms with Gasteiger partial charge in [-0.15, -0.1) is 0 Å². The Balaban J connectivity index is 1.47. The number of carbonyl (C=O) groups excluding carboxylic acids is 2. The second kappa shape index (κ2) is 15.3. The first kappa shape index (κ1) is 33.9. The Hall–Kier alpha value is -3.98. The summed E-state index contributed by atoms with van der Waals surface area (Å²) in [4.78, 5) is 27.5. The minimum absolute atomic E-state index is 0.176. The number of nitrogens with zero attached hydrogens (tertiary/aromatic N) is 1. The van der Waals surface area contributed by atoms with Crippen LogP contribution in [0.15, 0.2) is 72.8 Å². The first-order valence-electron chi connectivity index (χ1n) is 15.6. The van der Waals surface area contributed by atoms with Crippen molar-refractivity contribution in [2.24, 2.45) is 0 Å². The van der Waals surface area contributed by atoms with Gasteiger partial charge in [0, 0.05) is 12.0 Å². The molecule has 0 unspecified atom stereocenters. The van der Waals surface area contributed by atoms with Crippen molar-refractivity contribution in [2.45, 2.75) is 63.4 Å². The highest BCUT2D eigenvalue weighted by atomic mass is 19.1. The summed E-state index contributed by atoms with van der Waals surface area (Å²) in [5, 5.41) is 5.46. The van der Waals surface area contributed by atoms with Crippen molar-refractivity contribution in [1.82, 2.24) is 15.5 Å². The van der Waals surface area contributed by atoms with Gasteiger partial charge in [0.1, 0.15) is 23.0 Å². The number of likely N-dealkylation sites (tertiary alicyclic amines) is 1. The summed E-state index contributed by atoms with van der Waals surface area (Å²) in [5.74, 6) is 0.250. The Bertz CT molecular complexity index is 1350. The molecule has 0 bridgehead atoms. The number of halogens is 2. The number of alkyl carbamates (subject to hydrolysis) is 1. The summed E-state index contributed by atoms with van der Waals surface area (Å²) < 4.78 is 38.9. The molecular formula is C36H45F2N3O4. The smallest absolute Gasteiger partial charge is 0.408 e. The monoisotopic (exact) mass is 621 g/mol. The third kappa shape index (κ3) is 9.50. The number of piperidine rings is 1. The molecule has 1 aliphatic heterocycles. The van der Waals surface area contributed by atoms with Gasteiger partial charge in [0.25, 0.3) is 0 Å². The molecule has 1 heterocycles. The number of para-hydroxylation sites is 1. The fourth-order valence-electron chi connectivity index (χ4n) is 6.14. The van der Waals surface area contributed by atoms with E-state index in [2.05, 4.69) is 27.7 Å². The van der Waals surface area contributed by atoms with Gasteiger partial charge in [-0.3, -0.25) is 4.79 Å². The highest BCUT2D eigenvalue weighted by molar-refractivity contribution is 5.82. The molecule has 0 spiro atoms. The summed E-state index contributed by atoms with van der Waals surface area (Å²) in [6.07, 6.45) is 2.79. The average Bonchev–Trinajstić information content (AvgIpc) is 3.02. The zero-order valence-electron chi connectivity index (χ0n) is 26.7. The van der Waals surface area contributed by atoms with Crippen LogP contribution in [0.5, 0.6) is 5.75 Å². The number of carbonyl (C=O) groups is 2. The number of methoxy groups -OCH3 is 1. The highest BCUT2D eigenvalue weighted by Crippen LogP contribution is 2.38. The minimum Gasteiger partial charge on any atom is -0.496 e. The van der Waals surface area contributed by atoms with Gasteiger partial charge in [-0.2, -0.15) is 0 Å². The van der Waals surface area contributed by atoms with Crippen molar-refractivity contribution in [1.29, 1.82) is 0 Å². The van der Waals surface area contributed by atoms with E-state index in [1.165, 1.54) is 29.8 Å². The topological polar surface area (TPSA) is 79.9 Å². The van der Waals surface area contributed by atoms with E-state index in [-0.39, 0.29) is 24.7 Å². The van der Waals surface area contributed by atoms with Crippen molar-refractivity contribution < 1.29 is 27.8 Å². The molecule has 45 heavy (non-hydrogen) atoms. The third-order valence-electron chi connectivity index (χ3n) is 8.42. The number of hydrogen-bond acceptors (Lipinski definition) is 5. The maximum absolute atomic E-state index is 14.0. The van der Waals surface area contributed by atoms with Gasteiger partial charge in [0.05, 0.1) is 13.7 Å². The van der Waals surface area contributed by atoms with Crippen LogP contribution in [-0.2, 0) is 14.9 Å². The van der Waals surface area contributed by atoms with Crippen LogP contribution in [0.3, 0.4) is 0 Å². The highest BCUT2D eigenvalue weighted by Gasteiger charge is 2.35. The summed E-state index contributed by atoms with van der Waals surface area (Å²) in [6, 6.07) is 20.7. The average molecular weight is 622 g/mol. The quantitative estimate of drug-likeness (QED) is 0.240. The van der Waals surface area contributed by atoms with Crippen molar-refractivity contribution in [3.8, 4) is 5.75 Å². The molecule has 1 fully saturated rings. The van der Waals surface area contributed by atoms with E-state index in [0.717, 1.165) is 55.8 Å². The van der Waals surface area contributed by atoms with Gasteiger partial charge >= 0.3 is 6.09 Å². The molecule has 0 saturated carbocycles. The Morgan fingerprint density at radius 2 is 1.44 bits per heavy atom. The zero-order valence-corrected chi connectivity index (χ0v) is 26.7. The summed E-state index contributed by atoms with van der Waals surface area (Å²) in [5.41, 5.74) is 1.42. The van der Waals surface area contributed by atoms with Gasteiger partial charge in [0.2, 0.25) is 5.91 Å². The lowest BCUT2D eigenvalue weighted by atomic mass is 9.71. The lowest BCUT2D eigenvalue weighted by molar-refractivity contribution is -0.120. The van der Waals surface area contributed by atoms with Crippen molar-refractivity contribution >= 4 is 12.0 Å². The van der Waals surface area contributed by atoms with Crippen molar-refractivity contribution in [3.63, 3.8) is 0 Å². The molecule has 1 saturated heterocycles. The van der Waals surface area contributed by atoms with Crippen molar-refractivity contribution in [2.75, 3.05) is 39.8 Å². The number of benzene rings is 3. The molecule has 9 heteroatoms. The molecular weight excluding hydrogens is 576 g/mol. The van der Waals surface area contributed by atoms with Gasteiger partial charge < -0.3 is 25.0 Å². The maximum atomic E-state index is 14.0. The number of hydrogen-bond donors (Lipinski definition) is 2. The first-order chi connectivity index (χ1) is 21.5. The standard InChI is InChI=1S/C36H45F2N3O4/c1-35(2,3)45-34(43)39-24-33(42)40-25-36(27-10-14-29(37)15-11-27,28-12-16-30(38)17-13-28)20-7-21-41-22-18-26(19-23-41)31-8-5-6-9-32(31)44-4/h5-6,8-17,26H,7,18-25H2,1-4H3,(H,39,43)(H,40,42). The largest absolute Gasteiger partial charge is 0.496 e. The summed E-state index contributed by atoms with van der Waals surface area (Å²) in [7, 11) is 1.71. The van der Waals surface area contributed by atoms with Crippen LogP contribution in [0.1, 0.15) is 69.1 Å². The van der Waals surface area contributed by atoms with E-state index in [4.69, 9.17) is 9.47 Å². The van der Waals surface area contributed by atoms with Crippen molar-refractivity contribution in [3.05, 3.63) is 101 Å². The molecule has 2 N–H and O–H groups in total. The molecule has 0 radical (unpaired) electrons. The third-order valence-corrected chi connectivity index (χ3v) is 8.42. The zero-order chi connectivity index (χ0) is 32.5. The van der Waals surface area contributed by atoms with Crippen LogP contribution in [0, 0.1) is 11.6 Å². The van der Waals surface area contributed by atoms with Gasteiger partial charge in [-0.25, -0.2) is 13.6 Å². The number of nitrogens with one attached hydrogen (secondary N) is 2. The van der Waals surface area contributed by atoms with Crippen LogP contribution in [0.2, 0.25) is 0 Å². The second-order valence-corrected chi connectivity index (χ2v) is 12.7. The van der Waals surface area contributed by atoms with E-state index in [0.29, 0.717) is 12.3 Å².